The molecule has 16 heavy (non-hydrogen) atoms. The lowest BCUT2D eigenvalue weighted by Crippen LogP contribution is -2.04. The van der Waals surface area contributed by atoms with Crippen molar-refractivity contribution in [1.29, 1.82) is 0 Å². The third-order valence-corrected chi connectivity index (χ3v) is 2.39. The molecule has 0 aliphatic rings. The highest BCUT2D eigenvalue weighted by Gasteiger charge is 2.17. The Labute approximate surface area is 93.2 Å². The molecule has 2 aromatic rings. The molecule has 4 heteroatoms. The average Bonchev–Trinajstić information content (AvgIpc) is 2.70. The van der Waals surface area contributed by atoms with Gasteiger partial charge in [0.2, 0.25) is 0 Å². The molecule has 0 saturated carbocycles. The van der Waals surface area contributed by atoms with E-state index in [1.165, 1.54) is 0 Å². The average molecular weight is 219 g/mol. The lowest BCUT2D eigenvalue weighted by Gasteiger charge is -1.95. The van der Waals surface area contributed by atoms with Crippen LogP contribution in [0, 0.1) is 13.8 Å². The molecule has 0 unspecified atom stereocenters. The van der Waals surface area contributed by atoms with Gasteiger partial charge in [0.1, 0.15) is 5.52 Å². The van der Waals surface area contributed by atoms with E-state index in [0.717, 1.165) is 16.6 Å². The van der Waals surface area contributed by atoms with Gasteiger partial charge in [-0.1, -0.05) is 12.1 Å². The van der Waals surface area contributed by atoms with E-state index in [1.54, 1.807) is 6.92 Å². The standard InChI is InChI=1S/C12H13NO3/c1-4-15-12(14)11-13-9-7(2)5-6-8(3)10(9)16-11/h5-6H,4H2,1-3H3. The smallest absolute Gasteiger partial charge is 0.394 e. The van der Waals surface area contributed by atoms with Crippen LogP contribution in [0.2, 0.25) is 0 Å². The summed E-state index contributed by atoms with van der Waals surface area (Å²) in [7, 11) is 0. The number of aryl methyl sites for hydroxylation is 2. The predicted molar refractivity (Wildman–Crippen MR) is 59.4 cm³/mol. The summed E-state index contributed by atoms with van der Waals surface area (Å²) < 4.78 is 10.3. The number of hydrogen-bond acceptors (Lipinski definition) is 4. The summed E-state index contributed by atoms with van der Waals surface area (Å²) in [6, 6.07) is 3.90. The van der Waals surface area contributed by atoms with E-state index in [2.05, 4.69) is 4.98 Å². The first-order chi connectivity index (χ1) is 7.63. The summed E-state index contributed by atoms with van der Waals surface area (Å²) in [5, 5.41) is 0. The molecule has 1 aromatic carbocycles. The van der Waals surface area contributed by atoms with E-state index >= 15 is 0 Å². The minimum absolute atomic E-state index is 0.0225. The topological polar surface area (TPSA) is 52.3 Å². The van der Waals surface area contributed by atoms with Crippen molar-refractivity contribution in [2.75, 3.05) is 6.61 Å². The molecule has 0 amide bonds. The summed E-state index contributed by atoms with van der Waals surface area (Å²) in [5.41, 5.74) is 3.33. The van der Waals surface area contributed by atoms with Crippen LogP contribution in [0.25, 0.3) is 11.1 Å². The highest BCUT2D eigenvalue weighted by atomic mass is 16.5. The minimum atomic E-state index is -0.516. The van der Waals surface area contributed by atoms with Gasteiger partial charge in [-0.2, -0.15) is 0 Å². The van der Waals surface area contributed by atoms with E-state index in [0.29, 0.717) is 12.2 Å². The Morgan fingerprint density at radius 2 is 2.06 bits per heavy atom. The number of hydrogen-bond donors (Lipinski definition) is 0. The molecular weight excluding hydrogens is 206 g/mol. The lowest BCUT2D eigenvalue weighted by molar-refractivity contribution is 0.0483. The van der Waals surface area contributed by atoms with Crippen LogP contribution in [0.3, 0.4) is 0 Å². The fourth-order valence-corrected chi connectivity index (χ4v) is 1.54. The van der Waals surface area contributed by atoms with Gasteiger partial charge in [-0.05, 0) is 31.9 Å². The van der Waals surface area contributed by atoms with Crippen molar-refractivity contribution in [3.8, 4) is 0 Å². The van der Waals surface area contributed by atoms with Crippen molar-refractivity contribution in [3.05, 3.63) is 29.2 Å². The van der Waals surface area contributed by atoms with Crippen LogP contribution in [0.4, 0.5) is 0 Å². The van der Waals surface area contributed by atoms with Crippen LogP contribution in [0.5, 0.6) is 0 Å². The fraction of sp³-hybridized carbons (Fsp3) is 0.333. The molecule has 0 radical (unpaired) electrons. The third-order valence-electron chi connectivity index (χ3n) is 2.39. The molecule has 0 atom stereocenters. The minimum Gasteiger partial charge on any atom is -0.459 e. The van der Waals surface area contributed by atoms with Crippen LogP contribution in [-0.2, 0) is 4.74 Å². The molecule has 0 N–H and O–H groups in total. The number of benzene rings is 1. The normalized spacial score (nSPS) is 10.7. The quantitative estimate of drug-likeness (QED) is 0.728. The van der Waals surface area contributed by atoms with Crippen LogP contribution in [0.1, 0.15) is 28.7 Å². The van der Waals surface area contributed by atoms with Crippen molar-refractivity contribution in [3.63, 3.8) is 0 Å². The number of nitrogens with zero attached hydrogens (tertiary/aromatic N) is 1. The number of ether oxygens (including phenoxy) is 1. The molecule has 0 bridgehead atoms. The Kier molecular flexibility index (Phi) is 2.64. The largest absolute Gasteiger partial charge is 0.459 e. The Morgan fingerprint density at radius 3 is 2.69 bits per heavy atom. The Morgan fingerprint density at radius 1 is 1.38 bits per heavy atom. The molecule has 0 aliphatic heterocycles. The molecule has 2 rings (SSSR count). The van der Waals surface area contributed by atoms with Crippen LogP contribution in [-0.4, -0.2) is 17.6 Å². The number of fused-ring (bicyclic) bond motifs is 1. The van der Waals surface area contributed by atoms with Gasteiger partial charge in [0, 0.05) is 0 Å². The van der Waals surface area contributed by atoms with Crippen LogP contribution >= 0.6 is 0 Å². The molecule has 0 spiro atoms. The van der Waals surface area contributed by atoms with Gasteiger partial charge in [0.25, 0.3) is 0 Å². The lowest BCUT2D eigenvalue weighted by atomic mass is 10.1. The van der Waals surface area contributed by atoms with Crippen LogP contribution in [0.15, 0.2) is 16.5 Å². The van der Waals surface area contributed by atoms with Gasteiger partial charge >= 0.3 is 11.9 Å². The molecule has 0 saturated heterocycles. The first-order valence-electron chi connectivity index (χ1n) is 5.17. The third kappa shape index (κ3) is 1.66. The Bertz CT molecular complexity index is 503. The van der Waals surface area contributed by atoms with Gasteiger partial charge in [0.05, 0.1) is 6.61 Å². The monoisotopic (exact) mass is 219 g/mol. The maximum absolute atomic E-state index is 11.5. The van der Waals surface area contributed by atoms with Crippen molar-refractivity contribution in [1.82, 2.24) is 4.98 Å². The van der Waals surface area contributed by atoms with Gasteiger partial charge < -0.3 is 9.15 Å². The summed E-state index contributed by atoms with van der Waals surface area (Å²) in [4.78, 5) is 15.6. The fourth-order valence-electron chi connectivity index (χ4n) is 1.54. The predicted octanol–water partition coefficient (Wildman–Crippen LogP) is 2.62. The van der Waals surface area contributed by atoms with Crippen molar-refractivity contribution < 1.29 is 13.9 Å². The summed E-state index contributed by atoms with van der Waals surface area (Å²) in [5.74, 6) is -0.494. The molecular formula is C12H13NO3. The van der Waals surface area contributed by atoms with Gasteiger partial charge in [-0.15, -0.1) is 0 Å². The van der Waals surface area contributed by atoms with Crippen molar-refractivity contribution in [2.45, 2.75) is 20.8 Å². The number of carbonyl (C=O) groups excluding carboxylic acids is 1. The SMILES string of the molecule is CCOC(=O)c1nc2c(C)ccc(C)c2o1. The molecule has 0 aliphatic carbocycles. The second-order valence-electron chi connectivity index (χ2n) is 3.62. The second kappa shape index (κ2) is 3.96. The number of oxazole rings is 1. The number of esters is 1. The summed E-state index contributed by atoms with van der Waals surface area (Å²) in [6.07, 6.45) is 0. The Balaban J connectivity index is 2.55. The van der Waals surface area contributed by atoms with E-state index in [4.69, 9.17) is 9.15 Å². The second-order valence-corrected chi connectivity index (χ2v) is 3.62. The van der Waals surface area contributed by atoms with E-state index in [1.807, 2.05) is 26.0 Å². The summed E-state index contributed by atoms with van der Waals surface area (Å²) >= 11 is 0. The Hall–Kier alpha value is -1.84. The highest BCUT2D eigenvalue weighted by molar-refractivity contribution is 5.89. The maximum atomic E-state index is 11.5. The molecule has 4 nitrogen and oxygen atoms in total. The van der Waals surface area contributed by atoms with Gasteiger partial charge in [-0.3, -0.25) is 0 Å². The zero-order valence-corrected chi connectivity index (χ0v) is 9.53. The van der Waals surface area contributed by atoms with E-state index in [-0.39, 0.29) is 5.89 Å². The van der Waals surface area contributed by atoms with Crippen molar-refractivity contribution in [2.24, 2.45) is 0 Å². The first-order valence-corrected chi connectivity index (χ1v) is 5.17. The van der Waals surface area contributed by atoms with Gasteiger partial charge in [0.15, 0.2) is 5.58 Å². The molecule has 1 aromatic heterocycles. The number of rotatable bonds is 2. The van der Waals surface area contributed by atoms with E-state index in [9.17, 15) is 4.79 Å². The van der Waals surface area contributed by atoms with Gasteiger partial charge in [-0.25, -0.2) is 9.78 Å². The zero-order valence-electron chi connectivity index (χ0n) is 9.53. The van der Waals surface area contributed by atoms with Crippen molar-refractivity contribution >= 4 is 17.1 Å². The number of aromatic nitrogens is 1. The summed E-state index contributed by atoms with van der Waals surface area (Å²) in [6.45, 7) is 5.91. The molecule has 1 heterocycles. The first kappa shape index (κ1) is 10.7. The van der Waals surface area contributed by atoms with E-state index < -0.39 is 5.97 Å². The highest BCUT2D eigenvalue weighted by Crippen LogP contribution is 2.23. The molecule has 84 valence electrons. The zero-order chi connectivity index (χ0) is 11.7. The number of carbonyl (C=O) groups is 1. The maximum Gasteiger partial charge on any atom is 0.394 e. The van der Waals surface area contributed by atoms with Crippen LogP contribution < -0.4 is 0 Å². The molecule has 0 fully saturated rings.